The molecule has 1 aliphatic heterocycles. The van der Waals surface area contributed by atoms with Crippen LogP contribution in [0.25, 0.3) is 0 Å². The molecule has 0 aromatic carbocycles. The SMILES string of the molecule is CCC(C)C(=O)O/C=C/C1CCCCN1S(=O)(=O)C(F)(F)S(=O)(=O)O. The largest absolute Gasteiger partial charge is 0.484 e. The molecule has 0 aromatic heterocycles. The molecule has 0 saturated carbocycles. The Morgan fingerprint density at radius 2 is 1.96 bits per heavy atom. The van der Waals surface area contributed by atoms with Crippen molar-refractivity contribution < 1.29 is 39.7 Å². The summed E-state index contributed by atoms with van der Waals surface area (Å²) in [5.74, 6) is -0.952. The van der Waals surface area contributed by atoms with E-state index in [1.807, 2.05) is 0 Å². The number of carbonyl (C=O) groups excluding carboxylic acids is 1. The highest BCUT2D eigenvalue weighted by Gasteiger charge is 2.61. The van der Waals surface area contributed by atoms with Crippen LogP contribution in [0.2, 0.25) is 0 Å². The predicted octanol–water partition coefficient (Wildman–Crippen LogP) is 1.71. The predicted molar refractivity (Wildman–Crippen MR) is 84.4 cm³/mol. The van der Waals surface area contributed by atoms with E-state index in [-0.39, 0.29) is 25.3 Å². The van der Waals surface area contributed by atoms with E-state index >= 15 is 0 Å². The lowest BCUT2D eigenvalue weighted by Gasteiger charge is -2.34. The van der Waals surface area contributed by atoms with Crippen LogP contribution >= 0.6 is 0 Å². The summed E-state index contributed by atoms with van der Waals surface area (Å²) >= 11 is 0. The summed E-state index contributed by atoms with van der Waals surface area (Å²) in [5.41, 5.74) is 0. The van der Waals surface area contributed by atoms with Crippen LogP contribution in [-0.4, -0.2) is 48.8 Å². The van der Waals surface area contributed by atoms with Gasteiger partial charge in [0.05, 0.1) is 12.2 Å². The van der Waals surface area contributed by atoms with Crippen molar-refractivity contribution in [3.8, 4) is 0 Å². The molecule has 2 unspecified atom stereocenters. The van der Waals surface area contributed by atoms with Gasteiger partial charge in [0.25, 0.3) is 10.0 Å². The number of halogens is 2. The van der Waals surface area contributed by atoms with E-state index in [4.69, 9.17) is 9.29 Å². The molecule has 0 radical (unpaired) electrons. The van der Waals surface area contributed by atoms with E-state index < -0.39 is 36.7 Å². The monoisotopic (exact) mass is 405 g/mol. The van der Waals surface area contributed by atoms with E-state index in [9.17, 15) is 30.4 Å². The molecule has 1 heterocycles. The van der Waals surface area contributed by atoms with Crippen LogP contribution in [0, 0.1) is 5.92 Å². The molecule has 25 heavy (non-hydrogen) atoms. The Balaban J connectivity index is 3.03. The summed E-state index contributed by atoms with van der Waals surface area (Å²) in [7, 11) is -11.8. The Bertz CT molecular complexity index is 719. The molecule has 1 fully saturated rings. The van der Waals surface area contributed by atoms with E-state index in [2.05, 4.69) is 0 Å². The lowest BCUT2D eigenvalue weighted by molar-refractivity contribution is -0.142. The van der Waals surface area contributed by atoms with Crippen molar-refractivity contribution in [3.05, 3.63) is 12.3 Å². The molecular weight excluding hydrogens is 384 g/mol. The first-order valence-electron chi connectivity index (χ1n) is 7.59. The zero-order valence-electron chi connectivity index (χ0n) is 13.8. The second-order valence-electron chi connectivity index (χ2n) is 5.69. The fourth-order valence-corrected chi connectivity index (χ4v) is 4.70. The summed E-state index contributed by atoms with van der Waals surface area (Å²) in [6.45, 7) is 3.05. The van der Waals surface area contributed by atoms with Crippen molar-refractivity contribution >= 4 is 26.1 Å². The Morgan fingerprint density at radius 3 is 2.48 bits per heavy atom. The third kappa shape index (κ3) is 4.74. The van der Waals surface area contributed by atoms with E-state index in [0.717, 1.165) is 12.3 Å². The van der Waals surface area contributed by atoms with E-state index in [1.54, 1.807) is 13.8 Å². The van der Waals surface area contributed by atoms with E-state index in [1.165, 1.54) is 0 Å². The van der Waals surface area contributed by atoms with Gasteiger partial charge in [0, 0.05) is 12.6 Å². The smallest absolute Gasteiger partial charge is 0.435 e. The fourth-order valence-electron chi connectivity index (χ4n) is 2.17. The summed E-state index contributed by atoms with van der Waals surface area (Å²) in [4.78, 5) is 11.5. The molecular formula is C13H21F2NO7S2. The van der Waals surface area contributed by atoms with Crippen LogP contribution in [0.5, 0.6) is 0 Å². The molecule has 146 valence electrons. The number of ether oxygens (including phenoxy) is 1. The summed E-state index contributed by atoms with van der Waals surface area (Å²) < 4.78 is 81.3. The average Bonchev–Trinajstić information content (AvgIpc) is 2.53. The average molecular weight is 405 g/mol. The van der Waals surface area contributed by atoms with Crippen LogP contribution in [-0.2, 0) is 29.7 Å². The quantitative estimate of drug-likeness (QED) is 0.389. The van der Waals surface area contributed by atoms with Gasteiger partial charge < -0.3 is 4.74 Å². The standard InChI is InChI=1S/C13H21F2NO7S2/c1-3-10(2)12(17)23-9-7-11-6-4-5-8-16(11)24(18,19)13(14,15)25(20,21)22/h7,9-11H,3-6,8H2,1-2H3,(H,20,21,22)/b9-7+. The van der Waals surface area contributed by atoms with Crippen LogP contribution in [0.3, 0.4) is 0 Å². The van der Waals surface area contributed by atoms with Crippen molar-refractivity contribution in [1.82, 2.24) is 4.31 Å². The number of piperidine rings is 1. The highest BCUT2D eigenvalue weighted by molar-refractivity contribution is 8.06. The molecule has 8 nitrogen and oxygen atoms in total. The van der Waals surface area contributed by atoms with Crippen LogP contribution in [0.1, 0.15) is 39.5 Å². The highest BCUT2D eigenvalue weighted by atomic mass is 32.3. The molecule has 1 aliphatic rings. The molecule has 0 aliphatic carbocycles. The van der Waals surface area contributed by atoms with Crippen molar-refractivity contribution in [3.63, 3.8) is 0 Å². The number of sulfonamides is 1. The van der Waals surface area contributed by atoms with E-state index in [0.29, 0.717) is 17.1 Å². The van der Waals surface area contributed by atoms with Gasteiger partial charge in [-0.25, -0.2) is 8.42 Å². The lowest BCUT2D eigenvalue weighted by Crippen LogP contribution is -2.52. The van der Waals surface area contributed by atoms with Gasteiger partial charge in [-0.2, -0.15) is 21.5 Å². The normalized spacial score (nSPS) is 22.0. The molecule has 0 amide bonds. The van der Waals surface area contributed by atoms with Gasteiger partial charge in [-0.3, -0.25) is 9.35 Å². The Kier molecular flexibility index (Phi) is 7.07. The minimum Gasteiger partial charge on any atom is -0.435 e. The zero-order valence-corrected chi connectivity index (χ0v) is 15.4. The third-order valence-electron chi connectivity index (χ3n) is 3.91. The highest BCUT2D eigenvalue weighted by Crippen LogP contribution is 2.34. The van der Waals surface area contributed by atoms with Gasteiger partial charge in [-0.15, -0.1) is 0 Å². The van der Waals surface area contributed by atoms with Gasteiger partial charge in [0.1, 0.15) is 0 Å². The second kappa shape index (κ2) is 8.06. The van der Waals surface area contributed by atoms with Crippen molar-refractivity contribution in [2.75, 3.05) is 6.54 Å². The molecule has 0 spiro atoms. The van der Waals surface area contributed by atoms with Crippen molar-refractivity contribution in [2.24, 2.45) is 5.92 Å². The maximum atomic E-state index is 13.7. The van der Waals surface area contributed by atoms with Gasteiger partial charge in [-0.05, 0) is 25.3 Å². The third-order valence-corrected chi connectivity index (χ3v) is 7.44. The first-order chi connectivity index (χ1) is 11.4. The van der Waals surface area contributed by atoms with Crippen molar-refractivity contribution in [2.45, 2.75) is 50.2 Å². The van der Waals surface area contributed by atoms with Gasteiger partial charge in [-0.1, -0.05) is 20.3 Å². The van der Waals surface area contributed by atoms with Crippen LogP contribution in [0.4, 0.5) is 8.78 Å². The molecule has 1 N–H and O–H groups in total. The Morgan fingerprint density at radius 1 is 1.36 bits per heavy atom. The summed E-state index contributed by atoms with van der Waals surface area (Å²) in [6.07, 6.45) is 3.45. The van der Waals surface area contributed by atoms with Crippen molar-refractivity contribution in [1.29, 1.82) is 0 Å². The topological polar surface area (TPSA) is 118 Å². The van der Waals surface area contributed by atoms with Gasteiger partial charge >= 0.3 is 20.7 Å². The number of carbonyl (C=O) groups is 1. The summed E-state index contributed by atoms with van der Waals surface area (Å²) in [6, 6.07) is -1.11. The Hall–Kier alpha value is -1.11. The number of hydrogen-bond donors (Lipinski definition) is 1. The maximum Gasteiger partial charge on any atom is 0.484 e. The molecule has 1 saturated heterocycles. The maximum absolute atomic E-state index is 13.7. The lowest BCUT2D eigenvalue weighted by atomic mass is 10.1. The number of esters is 1. The minimum absolute atomic E-state index is 0.137. The number of hydrogen-bond acceptors (Lipinski definition) is 6. The second-order valence-corrected chi connectivity index (χ2v) is 9.35. The summed E-state index contributed by atoms with van der Waals surface area (Å²) in [5, 5.41) is 0. The van der Waals surface area contributed by atoms with Gasteiger partial charge in [0.2, 0.25) is 0 Å². The first kappa shape index (κ1) is 21.9. The van der Waals surface area contributed by atoms with Gasteiger partial charge in [0.15, 0.2) is 0 Å². The van der Waals surface area contributed by atoms with Crippen LogP contribution in [0.15, 0.2) is 12.3 Å². The zero-order chi connectivity index (χ0) is 19.5. The number of nitrogens with zero attached hydrogens (tertiary/aromatic N) is 1. The number of rotatable bonds is 7. The molecule has 1 rings (SSSR count). The molecule has 2 atom stereocenters. The molecule has 12 heteroatoms. The molecule has 0 bridgehead atoms. The number of alkyl halides is 2. The van der Waals surface area contributed by atoms with Crippen LogP contribution < -0.4 is 0 Å². The Labute approximate surface area is 145 Å². The first-order valence-corrected chi connectivity index (χ1v) is 10.5. The minimum atomic E-state index is -6.15. The fraction of sp³-hybridized carbons (Fsp3) is 0.769. The molecule has 0 aromatic rings.